The number of carbonyl (C=O) groups excluding carboxylic acids is 1. The second-order valence-corrected chi connectivity index (χ2v) is 6.69. The van der Waals surface area contributed by atoms with Crippen molar-refractivity contribution in [1.82, 2.24) is 5.32 Å². The Hall–Kier alpha value is -0.690. The van der Waals surface area contributed by atoms with Crippen LogP contribution in [0, 0.1) is 16.7 Å². The molecule has 0 spiro atoms. The molecule has 3 nitrogen and oxygen atoms in total. The van der Waals surface area contributed by atoms with Crippen LogP contribution in [0.3, 0.4) is 0 Å². The molecule has 0 atom stereocenters. The van der Waals surface area contributed by atoms with Gasteiger partial charge in [0.2, 0.25) is 5.91 Å². The summed E-state index contributed by atoms with van der Waals surface area (Å²) in [5.41, 5.74) is -0.735. The highest BCUT2D eigenvalue weighted by Crippen LogP contribution is 2.35. The van der Waals surface area contributed by atoms with Gasteiger partial charge in [0.25, 0.3) is 0 Å². The Balaban J connectivity index is 1.97. The molecule has 2 fully saturated rings. The van der Waals surface area contributed by atoms with Crippen LogP contribution in [0.1, 0.15) is 51.4 Å². The van der Waals surface area contributed by atoms with Crippen molar-refractivity contribution in [1.29, 1.82) is 5.26 Å². The number of hydrogen-bond donors (Lipinski definition) is 1. The molecule has 0 unspecified atom stereocenters. The van der Waals surface area contributed by atoms with Crippen molar-refractivity contribution < 1.29 is 4.79 Å². The van der Waals surface area contributed by atoms with Crippen molar-refractivity contribution in [2.45, 2.75) is 57.4 Å². The maximum absolute atomic E-state index is 12.4. The number of thioether (sulfide) groups is 1. The summed E-state index contributed by atoms with van der Waals surface area (Å²) in [7, 11) is 0. The number of rotatable bonds is 2. The normalized spacial score (nSPS) is 24.8. The topological polar surface area (TPSA) is 52.9 Å². The fourth-order valence-corrected chi connectivity index (χ4v) is 3.99. The van der Waals surface area contributed by atoms with E-state index in [9.17, 15) is 10.1 Å². The average molecular weight is 266 g/mol. The van der Waals surface area contributed by atoms with Crippen LogP contribution >= 0.6 is 11.8 Å². The van der Waals surface area contributed by atoms with Gasteiger partial charge in [0.05, 0.1) is 6.07 Å². The van der Waals surface area contributed by atoms with Gasteiger partial charge < -0.3 is 5.32 Å². The summed E-state index contributed by atoms with van der Waals surface area (Å²) in [4.78, 5) is 12.4. The van der Waals surface area contributed by atoms with Gasteiger partial charge in [-0.2, -0.15) is 17.0 Å². The Bertz CT molecular complexity index is 323. The highest BCUT2D eigenvalue weighted by atomic mass is 32.2. The molecule has 0 radical (unpaired) electrons. The number of amides is 1. The maximum Gasteiger partial charge on any atom is 0.240 e. The number of nitrogens with zero attached hydrogens (tertiary/aromatic N) is 1. The first-order chi connectivity index (χ1) is 8.77. The minimum atomic E-state index is -0.735. The second-order valence-electron chi connectivity index (χ2n) is 5.47. The highest BCUT2D eigenvalue weighted by Gasteiger charge is 2.39. The van der Waals surface area contributed by atoms with Crippen molar-refractivity contribution >= 4 is 17.7 Å². The van der Waals surface area contributed by atoms with Gasteiger partial charge in [-0.3, -0.25) is 4.79 Å². The van der Waals surface area contributed by atoms with Crippen LogP contribution in [0.4, 0.5) is 0 Å². The summed E-state index contributed by atoms with van der Waals surface area (Å²) in [5.74, 6) is 2.26. The molecule has 4 heteroatoms. The Morgan fingerprint density at radius 1 is 1.17 bits per heavy atom. The Morgan fingerprint density at radius 2 is 1.78 bits per heavy atom. The predicted octanol–water partition coefficient (Wildman–Crippen LogP) is 2.86. The van der Waals surface area contributed by atoms with Crippen LogP contribution < -0.4 is 5.32 Å². The van der Waals surface area contributed by atoms with Crippen molar-refractivity contribution in [3.63, 3.8) is 0 Å². The molecule has 1 aliphatic carbocycles. The molecule has 1 aliphatic heterocycles. The molecule has 0 aromatic rings. The SMILES string of the molecule is N#CC1(C(=O)NC2CCSCC2)CCCCCC1. The zero-order valence-electron chi connectivity index (χ0n) is 10.9. The third-order valence-corrected chi connectivity index (χ3v) is 5.21. The Kier molecular flexibility index (Phi) is 4.94. The van der Waals surface area contributed by atoms with Crippen molar-refractivity contribution in [3.05, 3.63) is 0 Å². The molecule has 0 aromatic heterocycles. The molecule has 0 aromatic carbocycles. The van der Waals surface area contributed by atoms with E-state index in [1.54, 1.807) is 0 Å². The molecular formula is C14H22N2OS. The zero-order chi connectivity index (χ0) is 12.8. The van der Waals surface area contributed by atoms with Gasteiger partial charge in [-0.1, -0.05) is 25.7 Å². The number of nitrogens with one attached hydrogen (secondary N) is 1. The molecule has 2 rings (SSSR count). The monoisotopic (exact) mass is 266 g/mol. The fraction of sp³-hybridized carbons (Fsp3) is 0.857. The van der Waals surface area contributed by atoms with Gasteiger partial charge in [0, 0.05) is 6.04 Å². The molecule has 18 heavy (non-hydrogen) atoms. The molecule has 1 saturated heterocycles. The van der Waals surface area contributed by atoms with E-state index in [1.165, 1.54) is 0 Å². The first-order valence-corrected chi connectivity index (χ1v) is 8.22. The van der Waals surface area contributed by atoms with Gasteiger partial charge in [-0.15, -0.1) is 0 Å². The van der Waals surface area contributed by atoms with Crippen molar-refractivity contribution in [3.8, 4) is 6.07 Å². The van der Waals surface area contributed by atoms with Crippen molar-refractivity contribution in [2.24, 2.45) is 5.41 Å². The molecule has 0 bridgehead atoms. The summed E-state index contributed by atoms with van der Waals surface area (Å²) in [6, 6.07) is 2.63. The maximum atomic E-state index is 12.4. The lowest BCUT2D eigenvalue weighted by Crippen LogP contribution is -2.46. The summed E-state index contributed by atoms with van der Waals surface area (Å²) in [6.07, 6.45) is 7.96. The summed E-state index contributed by atoms with van der Waals surface area (Å²) in [5, 5.41) is 12.6. The average Bonchev–Trinajstić information content (AvgIpc) is 2.66. The van der Waals surface area contributed by atoms with E-state index in [-0.39, 0.29) is 5.91 Å². The van der Waals surface area contributed by atoms with E-state index in [4.69, 9.17) is 0 Å². The summed E-state index contributed by atoms with van der Waals surface area (Å²) < 4.78 is 0. The quantitative estimate of drug-likeness (QED) is 0.782. The summed E-state index contributed by atoms with van der Waals surface area (Å²) in [6.45, 7) is 0. The minimum Gasteiger partial charge on any atom is -0.352 e. The van der Waals surface area contributed by atoms with Gasteiger partial charge in [-0.05, 0) is 37.2 Å². The molecule has 1 amide bonds. The van der Waals surface area contributed by atoms with Gasteiger partial charge >= 0.3 is 0 Å². The molecular weight excluding hydrogens is 244 g/mol. The van der Waals surface area contributed by atoms with Crippen molar-refractivity contribution in [2.75, 3.05) is 11.5 Å². The van der Waals surface area contributed by atoms with Crippen LogP contribution in [-0.2, 0) is 4.79 Å². The lowest BCUT2D eigenvalue weighted by molar-refractivity contribution is -0.129. The number of hydrogen-bond acceptors (Lipinski definition) is 3. The lowest BCUT2D eigenvalue weighted by atomic mass is 9.80. The standard InChI is InChI=1S/C14H22N2OS/c15-11-14(7-3-1-2-4-8-14)13(17)16-12-5-9-18-10-6-12/h12H,1-10H2,(H,16,17). The van der Waals surface area contributed by atoms with E-state index in [0.717, 1.165) is 62.9 Å². The zero-order valence-corrected chi connectivity index (χ0v) is 11.7. The third kappa shape index (κ3) is 3.20. The first-order valence-electron chi connectivity index (χ1n) is 7.07. The molecule has 1 heterocycles. The number of carbonyl (C=O) groups is 1. The van der Waals surface area contributed by atoms with Crippen LogP contribution in [-0.4, -0.2) is 23.5 Å². The minimum absolute atomic E-state index is 0.00352. The Morgan fingerprint density at radius 3 is 2.33 bits per heavy atom. The molecule has 100 valence electrons. The smallest absolute Gasteiger partial charge is 0.240 e. The van der Waals surface area contributed by atoms with E-state index >= 15 is 0 Å². The van der Waals surface area contributed by atoms with Crippen LogP contribution in [0.5, 0.6) is 0 Å². The predicted molar refractivity (Wildman–Crippen MR) is 74.2 cm³/mol. The van der Waals surface area contributed by atoms with Crippen LogP contribution in [0.25, 0.3) is 0 Å². The molecule has 2 aliphatic rings. The van der Waals surface area contributed by atoms with E-state index in [0.29, 0.717) is 6.04 Å². The molecule has 1 saturated carbocycles. The number of nitriles is 1. The largest absolute Gasteiger partial charge is 0.352 e. The second kappa shape index (κ2) is 6.47. The highest BCUT2D eigenvalue weighted by molar-refractivity contribution is 7.99. The van der Waals surface area contributed by atoms with Gasteiger partial charge in [0.1, 0.15) is 5.41 Å². The summed E-state index contributed by atoms with van der Waals surface area (Å²) >= 11 is 1.95. The van der Waals surface area contributed by atoms with Gasteiger partial charge in [0.15, 0.2) is 0 Å². The third-order valence-electron chi connectivity index (χ3n) is 4.16. The van der Waals surface area contributed by atoms with Crippen LogP contribution in [0.2, 0.25) is 0 Å². The fourth-order valence-electron chi connectivity index (χ4n) is 2.89. The Labute approximate surface area is 114 Å². The lowest BCUT2D eigenvalue weighted by Gasteiger charge is -2.29. The van der Waals surface area contributed by atoms with E-state index in [1.807, 2.05) is 11.8 Å². The van der Waals surface area contributed by atoms with E-state index < -0.39 is 5.41 Å². The van der Waals surface area contributed by atoms with E-state index in [2.05, 4.69) is 11.4 Å². The first kappa shape index (κ1) is 13.7. The van der Waals surface area contributed by atoms with Gasteiger partial charge in [-0.25, -0.2) is 0 Å². The molecule has 1 N–H and O–H groups in total. The van der Waals surface area contributed by atoms with Crippen LogP contribution in [0.15, 0.2) is 0 Å².